The molecule has 0 radical (unpaired) electrons. The van der Waals surface area contributed by atoms with Crippen LogP contribution >= 0.6 is 0 Å². The summed E-state index contributed by atoms with van der Waals surface area (Å²) in [5.74, 6) is 0.792. The van der Waals surface area contributed by atoms with Crippen molar-refractivity contribution in [3.8, 4) is 0 Å². The van der Waals surface area contributed by atoms with Crippen molar-refractivity contribution in [2.24, 2.45) is 13.0 Å². The Kier molecular flexibility index (Phi) is 4.07. The molecule has 1 atom stereocenters. The van der Waals surface area contributed by atoms with Gasteiger partial charge in [-0.2, -0.15) is 5.10 Å². The van der Waals surface area contributed by atoms with Crippen LogP contribution in [-0.2, 0) is 13.6 Å². The molecule has 0 aliphatic carbocycles. The summed E-state index contributed by atoms with van der Waals surface area (Å²) in [5.41, 5.74) is 1.55. The molecule has 4 nitrogen and oxygen atoms in total. The van der Waals surface area contributed by atoms with Crippen LogP contribution in [0.2, 0.25) is 0 Å². The van der Waals surface area contributed by atoms with Crippen molar-refractivity contribution < 1.29 is 0 Å². The number of rotatable bonds is 4. The minimum absolute atomic E-state index is 0.233. The highest BCUT2D eigenvalue weighted by atomic mass is 15.2. The maximum Gasteiger partial charge on any atom is 0.0534 e. The summed E-state index contributed by atoms with van der Waals surface area (Å²) in [4.78, 5) is 2.53. The number of aromatic nitrogens is 2. The van der Waals surface area contributed by atoms with Gasteiger partial charge in [0.2, 0.25) is 0 Å². The molecule has 1 fully saturated rings. The normalized spacial score (nSPS) is 21.7. The van der Waals surface area contributed by atoms with E-state index in [1.54, 1.807) is 0 Å². The van der Waals surface area contributed by atoms with Gasteiger partial charge in [-0.3, -0.25) is 9.58 Å². The molecule has 102 valence electrons. The zero-order chi connectivity index (χ0) is 13.2. The van der Waals surface area contributed by atoms with Crippen molar-refractivity contribution in [1.82, 2.24) is 20.0 Å². The van der Waals surface area contributed by atoms with Crippen LogP contribution in [0, 0.1) is 5.92 Å². The lowest BCUT2D eigenvalue weighted by Crippen LogP contribution is -2.39. The van der Waals surface area contributed by atoms with E-state index in [4.69, 9.17) is 0 Å². The van der Waals surface area contributed by atoms with Crippen molar-refractivity contribution in [2.45, 2.75) is 39.3 Å². The van der Waals surface area contributed by atoms with Crippen molar-refractivity contribution >= 4 is 0 Å². The standard InChI is InChI=1S/C14H26N4/c1-14(2,3)15-7-12-5-6-18(10-12)11-13-8-16-17(4)9-13/h8-9,12,15H,5-7,10-11H2,1-4H3. The highest BCUT2D eigenvalue weighted by Gasteiger charge is 2.23. The Bertz CT molecular complexity index is 377. The third kappa shape index (κ3) is 4.10. The van der Waals surface area contributed by atoms with E-state index in [-0.39, 0.29) is 5.54 Å². The van der Waals surface area contributed by atoms with Crippen molar-refractivity contribution in [3.63, 3.8) is 0 Å². The summed E-state index contributed by atoms with van der Waals surface area (Å²) in [6, 6.07) is 0. The first-order chi connectivity index (χ1) is 8.42. The Labute approximate surface area is 110 Å². The van der Waals surface area contributed by atoms with E-state index >= 15 is 0 Å². The van der Waals surface area contributed by atoms with E-state index in [0.29, 0.717) is 0 Å². The lowest BCUT2D eigenvalue weighted by atomic mass is 10.1. The highest BCUT2D eigenvalue weighted by Crippen LogP contribution is 2.18. The summed E-state index contributed by atoms with van der Waals surface area (Å²) in [7, 11) is 1.98. The lowest BCUT2D eigenvalue weighted by Gasteiger charge is -2.23. The number of nitrogens with zero attached hydrogens (tertiary/aromatic N) is 3. The fraction of sp³-hybridized carbons (Fsp3) is 0.786. The van der Waals surface area contributed by atoms with Crippen molar-refractivity contribution in [1.29, 1.82) is 0 Å². The smallest absolute Gasteiger partial charge is 0.0534 e. The Hall–Kier alpha value is -0.870. The van der Waals surface area contributed by atoms with Gasteiger partial charge in [0, 0.05) is 37.4 Å². The number of hydrogen-bond donors (Lipinski definition) is 1. The molecule has 0 aromatic carbocycles. The molecular formula is C14H26N4. The van der Waals surface area contributed by atoms with Crippen LogP contribution in [0.15, 0.2) is 12.4 Å². The first-order valence-electron chi connectivity index (χ1n) is 6.87. The van der Waals surface area contributed by atoms with Crippen LogP contribution < -0.4 is 5.32 Å². The molecule has 2 heterocycles. The maximum atomic E-state index is 4.22. The van der Waals surface area contributed by atoms with Gasteiger partial charge in [-0.25, -0.2) is 0 Å². The van der Waals surface area contributed by atoms with Gasteiger partial charge in [0.25, 0.3) is 0 Å². The summed E-state index contributed by atoms with van der Waals surface area (Å²) >= 11 is 0. The topological polar surface area (TPSA) is 33.1 Å². The Morgan fingerprint density at radius 1 is 1.44 bits per heavy atom. The fourth-order valence-corrected chi connectivity index (χ4v) is 2.49. The minimum Gasteiger partial charge on any atom is -0.312 e. The molecular weight excluding hydrogens is 224 g/mol. The third-order valence-corrected chi connectivity index (χ3v) is 3.46. The average molecular weight is 250 g/mol. The molecule has 4 heteroatoms. The molecule has 1 N–H and O–H groups in total. The van der Waals surface area contributed by atoms with Gasteiger partial charge in [-0.15, -0.1) is 0 Å². The predicted octanol–water partition coefficient (Wildman–Crippen LogP) is 1.63. The van der Waals surface area contributed by atoms with Gasteiger partial charge >= 0.3 is 0 Å². The predicted molar refractivity (Wildman–Crippen MR) is 74.3 cm³/mol. The molecule has 0 amide bonds. The molecule has 0 saturated carbocycles. The zero-order valence-electron chi connectivity index (χ0n) is 12.1. The summed E-state index contributed by atoms with van der Waals surface area (Å²) < 4.78 is 1.88. The molecule has 0 bridgehead atoms. The molecule has 1 unspecified atom stereocenters. The zero-order valence-corrected chi connectivity index (χ0v) is 12.1. The van der Waals surface area contributed by atoms with Crippen LogP contribution in [-0.4, -0.2) is 39.9 Å². The molecule has 1 aromatic rings. The van der Waals surface area contributed by atoms with E-state index < -0.39 is 0 Å². The lowest BCUT2D eigenvalue weighted by molar-refractivity contribution is 0.305. The van der Waals surface area contributed by atoms with E-state index in [9.17, 15) is 0 Å². The SMILES string of the molecule is Cn1cc(CN2CCC(CNC(C)(C)C)C2)cn1. The summed E-state index contributed by atoms with van der Waals surface area (Å²) in [6.07, 6.45) is 5.39. The fourth-order valence-electron chi connectivity index (χ4n) is 2.49. The number of hydrogen-bond acceptors (Lipinski definition) is 3. The largest absolute Gasteiger partial charge is 0.312 e. The van der Waals surface area contributed by atoms with E-state index in [2.05, 4.69) is 42.3 Å². The molecule has 0 spiro atoms. The number of likely N-dealkylation sites (tertiary alicyclic amines) is 1. The minimum atomic E-state index is 0.233. The van der Waals surface area contributed by atoms with Gasteiger partial charge in [0.05, 0.1) is 6.20 Å². The summed E-state index contributed by atoms with van der Waals surface area (Å²) in [6.45, 7) is 11.3. The second-order valence-electron chi connectivity index (χ2n) is 6.54. The van der Waals surface area contributed by atoms with E-state index in [0.717, 1.165) is 19.0 Å². The quantitative estimate of drug-likeness (QED) is 0.882. The van der Waals surface area contributed by atoms with E-state index in [1.807, 2.05) is 17.9 Å². The highest BCUT2D eigenvalue weighted by molar-refractivity contribution is 5.03. The molecule has 2 rings (SSSR count). The monoisotopic (exact) mass is 250 g/mol. The maximum absolute atomic E-state index is 4.22. The number of nitrogens with one attached hydrogen (secondary N) is 1. The van der Waals surface area contributed by atoms with Crippen molar-refractivity contribution in [2.75, 3.05) is 19.6 Å². The van der Waals surface area contributed by atoms with Gasteiger partial charge in [-0.1, -0.05) is 0 Å². The Morgan fingerprint density at radius 2 is 2.22 bits per heavy atom. The van der Waals surface area contributed by atoms with Crippen LogP contribution in [0.4, 0.5) is 0 Å². The van der Waals surface area contributed by atoms with Gasteiger partial charge < -0.3 is 5.32 Å². The summed E-state index contributed by atoms with van der Waals surface area (Å²) in [5, 5.41) is 7.83. The van der Waals surface area contributed by atoms with Crippen LogP contribution in [0.3, 0.4) is 0 Å². The van der Waals surface area contributed by atoms with Gasteiger partial charge in [-0.05, 0) is 46.2 Å². The van der Waals surface area contributed by atoms with Crippen molar-refractivity contribution in [3.05, 3.63) is 18.0 Å². The van der Waals surface area contributed by atoms with Gasteiger partial charge in [0.1, 0.15) is 0 Å². The molecule has 1 aromatic heterocycles. The molecule has 18 heavy (non-hydrogen) atoms. The Morgan fingerprint density at radius 3 is 2.83 bits per heavy atom. The Balaban J connectivity index is 1.75. The average Bonchev–Trinajstić information content (AvgIpc) is 2.85. The van der Waals surface area contributed by atoms with Crippen LogP contribution in [0.1, 0.15) is 32.8 Å². The van der Waals surface area contributed by atoms with E-state index in [1.165, 1.54) is 25.1 Å². The van der Waals surface area contributed by atoms with Crippen LogP contribution in [0.25, 0.3) is 0 Å². The first kappa shape index (κ1) is 13.6. The first-order valence-corrected chi connectivity index (χ1v) is 6.87. The van der Waals surface area contributed by atoms with Crippen LogP contribution in [0.5, 0.6) is 0 Å². The second-order valence-corrected chi connectivity index (χ2v) is 6.54. The molecule has 1 saturated heterocycles. The third-order valence-electron chi connectivity index (χ3n) is 3.46. The number of aryl methyl sites for hydroxylation is 1. The second kappa shape index (κ2) is 5.41. The molecule has 1 aliphatic heterocycles. The van der Waals surface area contributed by atoms with Gasteiger partial charge in [0.15, 0.2) is 0 Å². The molecule has 1 aliphatic rings.